The van der Waals surface area contributed by atoms with Crippen molar-refractivity contribution in [3.05, 3.63) is 42.4 Å². The van der Waals surface area contributed by atoms with Gasteiger partial charge in [-0.05, 0) is 37.9 Å². The maximum atomic E-state index is 7.75. The standard InChI is InChI=1S/C20H26N6/c21-11-15(20-14-24-18-3-1-2-4-19(18)25-20)12-23-16-6-9-26(10-7-16)17-5-8-22-13-17/h1-4,11-12,14,16-17,21-23H,5-10,13H2/b15-12+,21-11?. The van der Waals surface area contributed by atoms with Gasteiger partial charge in [0.05, 0.1) is 22.9 Å². The van der Waals surface area contributed by atoms with Crippen molar-refractivity contribution < 1.29 is 0 Å². The number of aromatic nitrogens is 2. The van der Waals surface area contributed by atoms with Gasteiger partial charge in [-0.3, -0.25) is 9.88 Å². The van der Waals surface area contributed by atoms with E-state index in [4.69, 9.17) is 5.41 Å². The van der Waals surface area contributed by atoms with Crippen LogP contribution in [-0.2, 0) is 0 Å². The molecule has 136 valence electrons. The molecule has 2 aromatic rings. The minimum absolute atomic E-state index is 0.462. The summed E-state index contributed by atoms with van der Waals surface area (Å²) in [6, 6.07) is 9.00. The Labute approximate surface area is 154 Å². The molecular formula is C20H26N6. The Morgan fingerprint density at radius 3 is 2.73 bits per heavy atom. The summed E-state index contributed by atoms with van der Waals surface area (Å²) < 4.78 is 0. The van der Waals surface area contributed by atoms with Crippen LogP contribution in [0, 0.1) is 5.41 Å². The van der Waals surface area contributed by atoms with Gasteiger partial charge in [-0.1, -0.05) is 12.1 Å². The van der Waals surface area contributed by atoms with Crippen molar-refractivity contribution in [2.45, 2.75) is 31.3 Å². The highest BCUT2D eigenvalue weighted by molar-refractivity contribution is 6.07. The number of fused-ring (bicyclic) bond motifs is 1. The molecule has 0 saturated carbocycles. The average Bonchev–Trinajstić information content (AvgIpc) is 3.24. The number of piperidine rings is 1. The molecule has 6 nitrogen and oxygen atoms in total. The van der Waals surface area contributed by atoms with E-state index >= 15 is 0 Å². The molecule has 26 heavy (non-hydrogen) atoms. The number of benzene rings is 1. The second-order valence-electron chi connectivity index (χ2n) is 7.11. The van der Waals surface area contributed by atoms with E-state index in [1.807, 2.05) is 30.5 Å². The molecule has 1 aromatic carbocycles. The molecule has 0 radical (unpaired) electrons. The first kappa shape index (κ1) is 17.1. The van der Waals surface area contributed by atoms with Crippen LogP contribution in [0.3, 0.4) is 0 Å². The van der Waals surface area contributed by atoms with Crippen LogP contribution in [0.1, 0.15) is 25.0 Å². The van der Waals surface area contributed by atoms with Gasteiger partial charge in [-0.25, -0.2) is 4.98 Å². The average molecular weight is 350 g/mol. The molecule has 1 unspecified atom stereocenters. The molecule has 0 amide bonds. The van der Waals surface area contributed by atoms with Gasteiger partial charge in [-0.15, -0.1) is 0 Å². The quantitative estimate of drug-likeness (QED) is 0.720. The summed E-state index contributed by atoms with van der Waals surface area (Å²) in [7, 11) is 0. The molecule has 3 heterocycles. The van der Waals surface area contributed by atoms with Gasteiger partial charge in [0.1, 0.15) is 0 Å². The number of nitrogens with one attached hydrogen (secondary N) is 3. The van der Waals surface area contributed by atoms with E-state index < -0.39 is 0 Å². The van der Waals surface area contributed by atoms with Crippen molar-refractivity contribution in [1.29, 1.82) is 5.41 Å². The van der Waals surface area contributed by atoms with Crippen LogP contribution >= 0.6 is 0 Å². The summed E-state index contributed by atoms with van der Waals surface area (Å²) in [6.45, 7) is 4.58. The van der Waals surface area contributed by atoms with Gasteiger partial charge >= 0.3 is 0 Å². The number of rotatable bonds is 5. The Kier molecular flexibility index (Phi) is 5.22. The van der Waals surface area contributed by atoms with Crippen molar-refractivity contribution in [3.63, 3.8) is 0 Å². The molecule has 0 spiro atoms. The Balaban J connectivity index is 1.39. The lowest BCUT2D eigenvalue weighted by Crippen LogP contribution is -2.46. The fourth-order valence-electron chi connectivity index (χ4n) is 3.88. The number of para-hydroxylation sites is 2. The lowest BCUT2D eigenvalue weighted by atomic mass is 10.0. The molecule has 3 N–H and O–H groups in total. The number of nitrogens with zero attached hydrogens (tertiary/aromatic N) is 3. The van der Waals surface area contributed by atoms with E-state index in [1.165, 1.54) is 12.6 Å². The number of hydrogen-bond acceptors (Lipinski definition) is 6. The summed E-state index contributed by atoms with van der Waals surface area (Å²) in [5.41, 5.74) is 3.24. The fourth-order valence-corrected chi connectivity index (χ4v) is 3.88. The van der Waals surface area contributed by atoms with Gasteiger partial charge in [0.15, 0.2) is 0 Å². The topological polar surface area (TPSA) is 76.9 Å². The summed E-state index contributed by atoms with van der Waals surface area (Å²) >= 11 is 0. The molecule has 0 aliphatic carbocycles. The Bertz CT molecular complexity index is 788. The highest BCUT2D eigenvalue weighted by atomic mass is 15.2. The van der Waals surface area contributed by atoms with E-state index in [0.717, 1.165) is 67.4 Å². The fraction of sp³-hybridized carbons (Fsp3) is 0.450. The van der Waals surface area contributed by atoms with E-state index in [2.05, 4.69) is 25.5 Å². The summed E-state index contributed by atoms with van der Waals surface area (Å²) in [4.78, 5) is 11.7. The normalized spacial score (nSPS) is 22.6. The van der Waals surface area contributed by atoms with E-state index in [-0.39, 0.29) is 0 Å². The highest BCUT2D eigenvalue weighted by Crippen LogP contribution is 2.18. The zero-order valence-electron chi connectivity index (χ0n) is 15.0. The van der Waals surface area contributed by atoms with Crippen LogP contribution in [0.5, 0.6) is 0 Å². The van der Waals surface area contributed by atoms with Crippen LogP contribution < -0.4 is 10.6 Å². The zero-order valence-corrected chi connectivity index (χ0v) is 15.0. The molecule has 1 atom stereocenters. The third-order valence-electron chi connectivity index (χ3n) is 5.45. The van der Waals surface area contributed by atoms with Crippen LogP contribution in [0.25, 0.3) is 16.6 Å². The predicted octanol–water partition coefficient (Wildman–Crippen LogP) is 2.04. The smallest absolute Gasteiger partial charge is 0.0922 e. The maximum Gasteiger partial charge on any atom is 0.0922 e. The molecule has 4 rings (SSSR count). The van der Waals surface area contributed by atoms with Gasteiger partial charge in [0.2, 0.25) is 0 Å². The van der Waals surface area contributed by atoms with E-state index in [0.29, 0.717) is 6.04 Å². The Hall–Kier alpha value is -2.31. The Morgan fingerprint density at radius 1 is 1.19 bits per heavy atom. The second kappa shape index (κ2) is 7.93. The first-order valence-corrected chi connectivity index (χ1v) is 9.47. The van der Waals surface area contributed by atoms with Gasteiger partial charge in [0, 0.05) is 49.7 Å². The monoisotopic (exact) mass is 350 g/mol. The zero-order chi connectivity index (χ0) is 17.8. The van der Waals surface area contributed by atoms with Crippen LogP contribution in [-0.4, -0.2) is 59.3 Å². The third kappa shape index (κ3) is 3.76. The third-order valence-corrected chi connectivity index (χ3v) is 5.45. The van der Waals surface area contributed by atoms with Gasteiger partial charge in [-0.2, -0.15) is 0 Å². The Morgan fingerprint density at radius 2 is 2.00 bits per heavy atom. The molecule has 0 bridgehead atoms. The molecule has 2 aliphatic heterocycles. The molecule has 2 saturated heterocycles. The predicted molar refractivity (Wildman–Crippen MR) is 105 cm³/mol. The van der Waals surface area contributed by atoms with Crippen molar-refractivity contribution in [2.75, 3.05) is 26.2 Å². The van der Waals surface area contributed by atoms with Gasteiger partial charge < -0.3 is 16.0 Å². The maximum absolute atomic E-state index is 7.75. The molecule has 6 heteroatoms. The molecule has 2 fully saturated rings. The molecule has 2 aliphatic rings. The number of likely N-dealkylation sites (tertiary alicyclic amines) is 1. The van der Waals surface area contributed by atoms with Crippen molar-refractivity contribution >= 4 is 22.8 Å². The number of hydrogen-bond donors (Lipinski definition) is 3. The van der Waals surface area contributed by atoms with Crippen molar-refractivity contribution in [1.82, 2.24) is 25.5 Å². The lowest BCUT2D eigenvalue weighted by Gasteiger charge is -2.35. The molecular weight excluding hydrogens is 324 g/mol. The SMILES string of the molecule is N=C/C(=C\NC1CCN(C2CCNC2)CC1)c1cnc2ccccc2n1. The lowest BCUT2D eigenvalue weighted by molar-refractivity contribution is 0.156. The van der Waals surface area contributed by atoms with Crippen LogP contribution in [0.2, 0.25) is 0 Å². The van der Waals surface area contributed by atoms with E-state index in [9.17, 15) is 0 Å². The largest absolute Gasteiger partial charge is 0.387 e. The second-order valence-corrected chi connectivity index (χ2v) is 7.11. The summed E-state index contributed by atoms with van der Waals surface area (Å²) in [5, 5.41) is 14.7. The first-order chi connectivity index (χ1) is 12.8. The number of allylic oxidation sites excluding steroid dienone is 1. The van der Waals surface area contributed by atoms with Crippen LogP contribution in [0.15, 0.2) is 36.7 Å². The van der Waals surface area contributed by atoms with E-state index in [1.54, 1.807) is 6.20 Å². The van der Waals surface area contributed by atoms with Gasteiger partial charge in [0.25, 0.3) is 0 Å². The summed E-state index contributed by atoms with van der Waals surface area (Å²) in [6.07, 6.45) is 8.59. The minimum Gasteiger partial charge on any atom is -0.387 e. The van der Waals surface area contributed by atoms with Crippen molar-refractivity contribution in [3.8, 4) is 0 Å². The minimum atomic E-state index is 0.462. The highest BCUT2D eigenvalue weighted by Gasteiger charge is 2.26. The summed E-state index contributed by atoms with van der Waals surface area (Å²) in [5.74, 6) is 0. The molecule has 1 aromatic heterocycles. The van der Waals surface area contributed by atoms with Crippen molar-refractivity contribution in [2.24, 2.45) is 0 Å². The first-order valence-electron chi connectivity index (χ1n) is 9.47. The van der Waals surface area contributed by atoms with Crippen LogP contribution in [0.4, 0.5) is 0 Å².